The number of hydrogen-bond acceptors (Lipinski definition) is 2. The first-order chi connectivity index (χ1) is 7.24. The molecule has 0 saturated heterocycles. The fraction of sp³-hybridized carbons (Fsp3) is 0.750. The average molecular weight is 205 g/mol. The number of aryl methyl sites for hydroxylation is 2. The quantitative estimate of drug-likeness (QED) is 0.819. The minimum Gasteiger partial charge on any atom is -0.396 e. The van der Waals surface area contributed by atoms with Gasteiger partial charge in [-0.25, -0.2) is 0 Å². The second-order valence-electron chi connectivity index (χ2n) is 5.22. The molecule has 0 aliphatic heterocycles. The monoisotopic (exact) mass is 205 g/mol. The summed E-state index contributed by atoms with van der Waals surface area (Å²) in [6.07, 6.45) is 7.72. The molecule has 2 atom stereocenters. The van der Waals surface area contributed by atoms with Gasteiger partial charge in [0.1, 0.15) is 0 Å². The minimum absolute atomic E-state index is 0.824. The van der Waals surface area contributed by atoms with Crippen molar-refractivity contribution in [1.29, 1.82) is 0 Å². The Kier molecular flexibility index (Phi) is 2.01. The van der Waals surface area contributed by atoms with Gasteiger partial charge in [0, 0.05) is 12.7 Å². The molecule has 2 N–H and O–H groups in total. The van der Waals surface area contributed by atoms with Gasteiger partial charge in [0.2, 0.25) is 0 Å². The molecule has 0 amide bonds. The minimum atomic E-state index is 0.824. The highest BCUT2D eigenvalue weighted by Crippen LogP contribution is 2.55. The molecule has 3 rings (SSSR count). The second kappa shape index (κ2) is 3.26. The summed E-state index contributed by atoms with van der Waals surface area (Å²) in [5.41, 5.74) is 7.55. The summed E-state index contributed by atoms with van der Waals surface area (Å²) in [5, 5.41) is 4.39. The van der Waals surface area contributed by atoms with E-state index in [1.165, 1.54) is 25.7 Å². The lowest BCUT2D eigenvalue weighted by molar-refractivity contribution is 0.507. The summed E-state index contributed by atoms with van der Waals surface area (Å²) in [4.78, 5) is 0. The second-order valence-corrected chi connectivity index (χ2v) is 5.22. The van der Waals surface area contributed by atoms with Crippen LogP contribution in [-0.4, -0.2) is 9.78 Å². The molecule has 3 heteroatoms. The molecule has 0 bridgehead atoms. The molecular weight excluding hydrogens is 186 g/mol. The van der Waals surface area contributed by atoms with Crippen LogP contribution in [0, 0.1) is 24.7 Å². The van der Waals surface area contributed by atoms with E-state index in [1.807, 2.05) is 17.8 Å². The molecule has 82 valence electrons. The van der Waals surface area contributed by atoms with E-state index in [1.54, 1.807) is 0 Å². The molecule has 1 aromatic rings. The Balaban J connectivity index is 1.49. The van der Waals surface area contributed by atoms with E-state index in [0.717, 1.165) is 35.7 Å². The molecule has 0 radical (unpaired) electrons. The lowest BCUT2D eigenvalue weighted by Crippen LogP contribution is -2.00. The fourth-order valence-electron chi connectivity index (χ4n) is 2.65. The normalized spacial score (nSPS) is 29.4. The van der Waals surface area contributed by atoms with Gasteiger partial charge in [0.25, 0.3) is 0 Å². The van der Waals surface area contributed by atoms with Crippen molar-refractivity contribution in [3.63, 3.8) is 0 Å². The first-order valence-corrected chi connectivity index (χ1v) is 6.03. The smallest absolute Gasteiger partial charge is 0.0822 e. The predicted octanol–water partition coefficient (Wildman–Crippen LogP) is 2.21. The zero-order valence-electron chi connectivity index (χ0n) is 9.32. The van der Waals surface area contributed by atoms with Crippen molar-refractivity contribution in [2.75, 3.05) is 5.73 Å². The van der Waals surface area contributed by atoms with Crippen molar-refractivity contribution in [2.45, 2.75) is 39.2 Å². The average Bonchev–Trinajstić information content (AvgIpc) is 3.07. The third-order valence-electron chi connectivity index (χ3n) is 3.92. The topological polar surface area (TPSA) is 43.8 Å². The summed E-state index contributed by atoms with van der Waals surface area (Å²) in [6, 6.07) is 0. The first kappa shape index (κ1) is 9.25. The molecule has 2 aliphatic rings. The van der Waals surface area contributed by atoms with Crippen molar-refractivity contribution < 1.29 is 0 Å². The number of hydrogen-bond donors (Lipinski definition) is 1. The molecule has 15 heavy (non-hydrogen) atoms. The van der Waals surface area contributed by atoms with E-state index >= 15 is 0 Å². The van der Waals surface area contributed by atoms with E-state index in [2.05, 4.69) is 5.10 Å². The third kappa shape index (κ3) is 1.87. The maximum atomic E-state index is 5.76. The lowest BCUT2D eigenvalue weighted by atomic mass is 10.2. The van der Waals surface area contributed by atoms with Crippen LogP contribution < -0.4 is 5.73 Å². The summed E-state index contributed by atoms with van der Waals surface area (Å²) in [6.45, 7) is 3.02. The van der Waals surface area contributed by atoms with Crippen LogP contribution in [0.3, 0.4) is 0 Å². The van der Waals surface area contributed by atoms with Crippen LogP contribution in [0.1, 0.15) is 31.4 Å². The number of aromatic nitrogens is 2. The molecular formula is C12H19N3. The van der Waals surface area contributed by atoms with Gasteiger partial charge in [0.15, 0.2) is 0 Å². The Morgan fingerprint density at radius 2 is 2.33 bits per heavy atom. The zero-order valence-corrected chi connectivity index (χ0v) is 9.32. The molecule has 2 fully saturated rings. The van der Waals surface area contributed by atoms with Crippen LogP contribution in [-0.2, 0) is 6.54 Å². The SMILES string of the molecule is Cc1nn(CCC2CC2C2CC2)cc1N. The standard InChI is InChI=1S/C12H19N3/c1-8-12(13)7-15(14-8)5-4-10-6-11(10)9-2-3-9/h7,9-11H,2-6,13H2,1H3. The Hall–Kier alpha value is -0.990. The summed E-state index contributed by atoms with van der Waals surface area (Å²) >= 11 is 0. The molecule has 3 nitrogen and oxygen atoms in total. The zero-order chi connectivity index (χ0) is 10.4. The van der Waals surface area contributed by atoms with Crippen LogP contribution in [0.25, 0.3) is 0 Å². The molecule has 2 unspecified atom stereocenters. The van der Waals surface area contributed by atoms with Crippen molar-refractivity contribution in [1.82, 2.24) is 9.78 Å². The number of nitrogen functional groups attached to an aromatic ring is 1. The van der Waals surface area contributed by atoms with Gasteiger partial charge < -0.3 is 5.73 Å². The maximum absolute atomic E-state index is 5.76. The summed E-state index contributed by atoms with van der Waals surface area (Å²) in [5.74, 6) is 3.15. The Morgan fingerprint density at radius 3 is 2.93 bits per heavy atom. The largest absolute Gasteiger partial charge is 0.396 e. The van der Waals surface area contributed by atoms with Crippen LogP contribution >= 0.6 is 0 Å². The summed E-state index contributed by atoms with van der Waals surface area (Å²) in [7, 11) is 0. The Morgan fingerprint density at radius 1 is 1.53 bits per heavy atom. The summed E-state index contributed by atoms with van der Waals surface area (Å²) < 4.78 is 2.01. The number of nitrogens with zero attached hydrogens (tertiary/aromatic N) is 2. The van der Waals surface area contributed by atoms with Crippen molar-refractivity contribution >= 4 is 5.69 Å². The van der Waals surface area contributed by atoms with Crippen molar-refractivity contribution in [3.05, 3.63) is 11.9 Å². The molecule has 0 spiro atoms. The first-order valence-electron chi connectivity index (χ1n) is 6.03. The van der Waals surface area contributed by atoms with Crippen LogP contribution in [0.5, 0.6) is 0 Å². The molecule has 0 aromatic carbocycles. The molecule has 1 aromatic heterocycles. The van der Waals surface area contributed by atoms with E-state index in [9.17, 15) is 0 Å². The highest BCUT2D eigenvalue weighted by atomic mass is 15.3. The molecule has 2 aliphatic carbocycles. The van der Waals surface area contributed by atoms with E-state index in [-0.39, 0.29) is 0 Å². The Labute approximate surface area is 90.7 Å². The van der Waals surface area contributed by atoms with Gasteiger partial charge in [-0.05, 0) is 50.4 Å². The maximum Gasteiger partial charge on any atom is 0.0822 e. The van der Waals surface area contributed by atoms with Gasteiger partial charge in [-0.1, -0.05) is 0 Å². The fourth-order valence-corrected chi connectivity index (χ4v) is 2.65. The van der Waals surface area contributed by atoms with E-state index < -0.39 is 0 Å². The molecule has 2 saturated carbocycles. The van der Waals surface area contributed by atoms with Crippen LogP contribution in [0.2, 0.25) is 0 Å². The van der Waals surface area contributed by atoms with Crippen LogP contribution in [0.15, 0.2) is 6.20 Å². The van der Waals surface area contributed by atoms with Gasteiger partial charge >= 0.3 is 0 Å². The van der Waals surface area contributed by atoms with Gasteiger partial charge in [-0.3, -0.25) is 4.68 Å². The van der Waals surface area contributed by atoms with Gasteiger partial charge in [0.05, 0.1) is 11.4 Å². The lowest BCUT2D eigenvalue weighted by Gasteiger charge is -2.00. The third-order valence-corrected chi connectivity index (χ3v) is 3.92. The highest BCUT2D eigenvalue weighted by molar-refractivity contribution is 5.39. The number of anilines is 1. The Bertz CT molecular complexity index is 345. The molecule has 1 heterocycles. The van der Waals surface area contributed by atoms with Gasteiger partial charge in [-0.15, -0.1) is 0 Å². The van der Waals surface area contributed by atoms with Crippen LogP contribution in [0.4, 0.5) is 5.69 Å². The van der Waals surface area contributed by atoms with Crippen molar-refractivity contribution in [3.8, 4) is 0 Å². The highest BCUT2D eigenvalue weighted by Gasteiger charge is 2.46. The van der Waals surface area contributed by atoms with Crippen molar-refractivity contribution in [2.24, 2.45) is 17.8 Å². The number of rotatable bonds is 4. The number of nitrogens with two attached hydrogens (primary N) is 1. The van der Waals surface area contributed by atoms with Gasteiger partial charge in [-0.2, -0.15) is 5.10 Å². The predicted molar refractivity (Wildman–Crippen MR) is 60.3 cm³/mol. The van der Waals surface area contributed by atoms with E-state index in [0.29, 0.717) is 0 Å². The van der Waals surface area contributed by atoms with E-state index in [4.69, 9.17) is 5.73 Å².